The molecule has 0 spiro atoms. The predicted octanol–water partition coefficient (Wildman–Crippen LogP) is 2.86. The highest BCUT2D eigenvalue weighted by molar-refractivity contribution is 7.18. The van der Waals surface area contributed by atoms with E-state index in [0.717, 1.165) is 0 Å². The van der Waals surface area contributed by atoms with E-state index < -0.39 is 0 Å². The molecule has 0 fully saturated rings. The zero-order valence-electron chi connectivity index (χ0n) is 11.3. The van der Waals surface area contributed by atoms with E-state index in [9.17, 15) is 4.79 Å². The number of rotatable bonds is 4. The van der Waals surface area contributed by atoms with Gasteiger partial charge in [0.25, 0.3) is 5.91 Å². The van der Waals surface area contributed by atoms with E-state index in [0.29, 0.717) is 28.0 Å². The normalized spacial score (nSPS) is 10.5. The minimum atomic E-state index is -0.123. The second-order valence-electron chi connectivity index (χ2n) is 4.15. The van der Waals surface area contributed by atoms with Crippen LogP contribution < -0.4 is 4.90 Å². The van der Waals surface area contributed by atoms with Crippen molar-refractivity contribution < 1.29 is 9.21 Å². The summed E-state index contributed by atoms with van der Waals surface area (Å²) in [6, 6.07) is 6.96. The van der Waals surface area contributed by atoms with Crippen molar-refractivity contribution in [2.24, 2.45) is 0 Å². The van der Waals surface area contributed by atoms with Gasteiger partial charge >= 0.3 is 0 Å². The van der Waals surface area contributed by atoms with Crippen LogP contribution in [-0.2, 0) is 0 Å². The van der Waals surface area contributed by atoms with Crippen molar-refractivity contribution >= 4 is 22.4 Å². The van der Waals surface area contributed by atoms with Crippen LogP contribution >= 0.6 is 11.3 Å². The van der Waals surface area contributed by atoms with Crippen LogP contribution in [0.4, 0.5) is 5.13 Å². The molecule has 21 heavy (non-hydrogen) atoms. The Bertz CT molecular complexity index is 725. The number of anilines is 1. The number of hydrogen-bond acceptors (Lipinski definition) is 6. The average molecular weight is 300 g/mol. The molecule has 0 saturated carbocycles. The first-order valence-corrected chi connectivity index (χ1v) is 7.20. The van der Waals surface area contributed by atoms with Crippen LogP contribution in [0.25, 0.3) is 10.8 Å². The van der Waals surface area contributed by atoms with Crippen LogP contribution in [0.5, 0.6) is 0 Å². The molecule has 106 valence electrons. The summed E-state index contributed by atoms with van der Waals surface area (Å²) >= 11 is 1.32. The van der Waals surface area contributed by atoms with Gasteiger partial charge in [-0.2, -0.15) is 0 Å². The fraction of sp³-hybridized carbons (Fsp3) is 0.143. The summed E-state index contributed by atoms with van der Waals surface area (Å²) in [4.78, 5) is 18.0. The molecule has 0 saturated heterocycles. The van der Waals surface area contributed by atoms with Gasteiger partial charge in [0.1, 0.15) is 0 Å². The highest BCUT2D eigenvalue weighted by atomic mass is 32.1. The van der Waals surface area contributed by atoms with Gasteiger partial charge in [-0.1, -0.05) is 11.3 Å². The van der Waals surface area contributed by atoms with E-state index in [1.54, 1.807) is 41.8 Å². The molecular weight excluding hydrogens is 288 g/mol. The number of carbonyl (C=O) groups excluding carboxylic acids is 1. The number of aromatic nitrogens is 3. The molecular formula is C14H12N4O2S. The third-order valence-corrected chi connectivity index (χ3v) is 3.83. The minimum absolute atomic E-state index is 0.123. The number of pyridine rings is 1. The van der Waals surface area contributed by atoms with Crippen molar-refractivity contribution in [1.29, 1.82) is 0 Å². The summed E-state index contributed by atoms with van der Waals surface area (Å²) in [6.07, 6.45) is 4.76. The zero-order valence-corrected chi connectivity index (χ0v) is 12.1. The summed E-state index contributed by atoms with van der Waals surface area (Å²) < 4.78 is 5.29. The molecule has 3 aromatic heterocycles. The molecule has 3 heterocycles. The van der Waals surface area contributed by atoms with Crippen molar-refractivity contribution in [1.82, 2.24) is 15.2 Å². The van der Waals surface area contributed by atoms with Gasteiger partial charge < -0.3 is 4.42 Å². The quantitative estimate of drug-likeness (QED) is 0.741. The van der Waals surface area contributed by atoms with Crippen molar-refractivity contribution in [3.63, 3.8) is 0 Å². The molecule has 7 heteroatoms. The summed E-state index contributed by atoms with van der Waals surface area (Å²) in [5, 5.41) is 9.36. The Hall–Kier alpha value is -2.54. The van der Waals surface area contributed by atoms with Gasteiger partial charge in [-0.25, -0.2) is 0 Å². The molecule has 0 bridgehead atoms. The molecule has 6 nitrogen and oxygen atoms in total. The molecule has 1 amide bonds. The third kappa shape index (κ3) is 2.68. The Morgan fingerprint density at radius 2 is 2.10 bits per heavy atom. The third-order valence-electron chi connectivity index (χ3n) is 2.87. The summed E-state index contributed by atoms with van der Waals surface area (Å²) in [5.41, 5.74) is 0.571. The maximum Gasteiger partial charge on any atom is 0.260 e. The Kier molecular flexibility index (Phi) is 3.74. The lowest BCUT2D eigenvalue weighted by Gasteiger charge is -2.16. The van der Waals surface area contributed by atoms with E-state index in [1.807, 2.05) is 13.0 Å². The number of furan rings is 1. The molecule has 0 aliphatic rings. The lowest BCUT2D eigenvalue weighted by Crippen LogP contribution is -2.30. The topological polar surface area (TPSA) is 72.1 Å². The highest BCUT2D eigenvalue weighted by Crippen LogP contribution is 2.29. The number of carbonyl (C=O) groups is 1. The number of hydrogen-bond donors (Lipinski definition) is 0. The first-order valence-electron chi connectivity index (χ1n) is 6.39. The summed E-state index contributed by atoms with van der Waals surface area (Å²) in [7, 11) is 0. The Morgan fingerprint density at radius 1 is 1.29 bits per heavy atom. The first kappa shape index (κ1) is 13.4. The Balaban J connectivity index is 1.89. The SMILES string of the molecule is CCN(C(=O)c1ccncc1)c1nnc(-c2ccco2)s1. The monoisotopic (exact) mass is 300 g/mol. The van der Waals surface area contributed by atoms with Crippen molar-refractivity contribution in [2.75, 3.05) is 11.4 Å². The van der Waals surface area contributed by atoms with Crippen LogP contribution in [0.15, 0.2) is 47.3 Å². The van der Waals surface area contributed by atoms with Crippen LogP contribution in [0.2, 0.25) is 0 Å². The van der Waals surface area contributed by atoms with Crippen molar-refractivity contribution in [3.8, 4) is 10.8 Å². The summed E-state index contributed by atoms with van der Waals surface area (Å²) in [5.74, 6) is 0.521. The molecule has 0 aromatic carbocycles. The standard InChI is InChI=1S/C14H12N4O2S/c1-2-18(13(19)10-5-7-15-8-6-10)14-17-16-12(21-14)11-4-3-9-20-11/h3-9H,2H2,1H3. The van der Waals surface area contributed by atoms with Gasteiger partial charge in [-0.15, -0.1) is 10.2 Å². The lowest BCUT2D eigenvalue weighted by atomic mass is 10.2. The van der Waals surface area contributed by atoms with E-state index in [4.69, 9.17) is 4.42 Å². The van der Waals surface area contributed by atoms with E-state index in [1.165, 1.54) is 11.3 Å². The molecule has 0 radical (unpaired) electrons. The van der Waals surface area contributed by atoms with Crippen LogP contribution in [0.3, 0.4) is 0 Å². The molecule has 3 rings (SSSR count). The molecule has 0 aliphatic carbocycles. The van der Waals surface area contributed by atoms with E-state index in [-0.39, 0.29) is 5.91 Å². The van der Waals surface area contributed by atoms with E-state index in [2.05, 4.69) is 15.2 Å². The van der Waals surface area contributed by atoms with Crippen molar-refractivity contribution in [2.45, 2.75) is 6.92 Å². The van der Waals surface area contributed by atoms with E-state index >= 15 is 0 Å². The zero-order chi connectivity index (χ0) is 14.7. The molecule has 0 aliphatic heterocycles. The minimum Gasteiger partial charge on any atom is -0.462 e. The molecule has 3 aromatic rings. The molecule has 0 N–H and O–H groups in total. The second kappa shape index (κ2) is 5.84. The predicted molar refractivity (Wildman–Crippen MR) is 79.2 cm³/mol. The highest BCUT2D eigenvalue weighted by Gasteiger charge is 2.20. The van der Waals surface area contributed by atoms with Gasteiger partial charge in [-0.3, -0.25) is 14.7 Å². The first-order chi connectivity index (χ1) is 10.3. The smallest absolute Gasteiger partial charge is 0.260 e. The maximum absolute atomic E-state index is 12.5. The van der Waals surface area contributed by atoms with Crippen LogP contribution in [0, 0.1) is 0 Å². The average Bonchev–Trinajstić information content (AvgIpc) is 3.20. The second-order valence-corrected chi connectivity index (χ2v) is 5.11. The Labute approximate surface area is 125 Å². The lowest BCUT2D eigenvalue weighted by molar-refractivity contribution is 0.0988. The largest absolute Gasteiger partial charge is 0.462 e. The molecule has 0 atom stereocenters. The van der Waals surface area contributed by atoms with Gasteiger partial charge in [0.15, 0.2) is 10.8 Å². The van der Waals surface area contributed by atoms with Crippen LogP contribution in [0.1, 0.15) is 17.3 Å². The fourth-order valence-corrected chi connectivity index (χ4v) is 2.72. The van der Waals surface area contributed by atoms with Gasteiger partial charge in [-0.05, 0) is 31.2 Å². The van der Waals surface area contributed by atoms with Gasteiger partial charge in [0.2, 0.25) is 5.13 Å². The van der Waals surface area contributed by atoms with Gasteiger partial charge in [0.05, 0.1) is 6.26 Å². The summed E-state index contributed by atoms with van der Waals surface area (Å²) in [6.45, 7) is 2.40. The maximum atomic E-state index is 12.5. The van der Waals surface area contributed by atoms with Crippen molar-refractivity contribution in [3.05, 3.63) is 48.5 Å². The number of nitrogens with zero attached hydrogens (tertiary/aromatic N) is 4. The fourth-order valence-electron chi connectivity index (χ4n) is 1.84. The Morgan fingerprint density at radius 3 is 2.76 bits per heavy atom. The number of amides is 1. The molecule has 0 unspecified atom stereocenters. The van der Waals surface area contributed by atoms with Crippen LogP contribution in [-0.4, -0.2) is 27.6 Å². The van der Waals surface area contributed by atoms with Gasteiger partial charge in [0, 0.05) is 24.5 Å².